The van der Waals surface area contributed by atoms with Crippen molar-refractivity contribution in [3.63, 3.8) is 0 Å². The van der Waals surface area contributed by atoms with Crippen LogP contribution in [0.1, 0.15) is 19.8 Å². The quantitative estimate of drug-likeness (QED) is 0.941. The molecule has 0 radical (unpaired) electrons. The number of pyridine rings is 1. The van der Waals surface area contributed by atoms with Crippen LogP contribution in [-0.4, -0.2) is 24.1 Å². The zero-order valence-electron chi connectivity index (χ0n) is 12.8. The smallest absolute Gasteiger partial charge is 0.227 e. The number of ether oxygens (including phenoxy) is 1. The molecular formula is C17H18F2N2O2. The van der Waals surface area contributed by atoms with Crippen LogP contribution >= 0.6 is 0 Å². The summed E-state index contributed by atoms with van der Waals surface area (Å²) in [7, 11) is 0. The number of aromatic nitrogens is 1. The molecule has 1 aromatic carbocycles. The van der Waals surface area contributed by atoms with Crippen molar-refractivity contribution < 1.29 is 18.3 Å². The summed E-state index contributed by atoms with van der Waals surface area (Å²) in [6.07, 6.45) is 3.09. The lowest BCUT2D eigenvalue weighted by atomic mass is 9.87. The van der Waals surface area contributed by atoms with E-state index in [1.165, 1.54) is 12.3 Å². The summed E-state index contributed by atoms with van der Waals surface area (Å²) in [4.78, 5) is 16.3. The van der Waals surface area contributed by atoms with Crippen molar-refractivity contribution in [3.8, 4) is 0 Å². The Morgan fingerprint density at radius 2 is 2.09 bits per heavy atom. The second-order valence-corrected chi connectivity index (χ2v) is 5.88. The second kappa shape index (κ2) is 6.58. The average Bonchev–Trinajstić information content (AvgIpc) is 2.58. The van der Waals surface area contributed by atoms with Crippen LogP contribution < -0.4 is 5.32 Å². The van der Waals surface area contributed by atoms with Crippen LogP contribution in [0.3, 0.4) is 0 Å². The Morgan fingerprint density at radius 1 is 1.35 bits per heavy atom. The molecule has 1 unspecified atom stereocenters. The van der Waals surface area contributed by atoms with Crippen molar-refractivity contribution >= 4 is 22.5 Å². The summed E-state index contributed by atoms with van der Waals surface area (Å²) in [5.74, 6) is -1.85. The predicted molar refractivity (Wildman–Crippen MR) is 83.0 cm³/mol. The van der Waals surface area contributed by atoms with Gasteiger partial charge < -0.3 is 10.1 Å². The SMILES string of the molecule is CC(C(=O)Nc1cnc2c(F)c(F)ccc2c1)C1CCOCC1. The van der Waals surface area contributed by atoms with Gasteiger partial charge in [-0.15, -0.1) is 0 Å². The van der Waals surface area contributed by atoms with Gasteiger partial charge in [0.15, 0.2) is 11.6 Å². The normalized spacial score (nSPS) is 17.2. The number of carbonyl (C=O) groups is 1. The van der Waals surface area contributed by atoms with Gasteiger partial charge >= 0.3 is 0 Å². The van der Waals surface area contributed by atoms with Crippen molar-refractivity contribution in [2.24, 2.45) is 11.8 Å². The fourth-order valence-electron chi connectivity index (χ4n) is 2.90. The number of hydrogen-bond donors (Lipinski definition) is 1. The van der Waals surface area contributed by atoms with Gasteiger partial charge in [0.05, 0.1) is 11.9 Å². The van der Waals surface area contributed by atoms with E-state index in [1.807, 2.05) is 6.92 Å². The first-order valence-electron chi connectivity index (χ1n) is 7.68. The molecule has 1 atom stereocenters. The van der Waals surface area contributed by atoms with Crippen LogP contribution in [0.2, 0.25) is 0 Å². The number of benzene rings is 1. The number of nitrogens with one attached hydrogen (secondary N) is 1. The zero-order valence-corrected chi connectivity index (χ0v) is 12.8. The van der Waals surface area contributed by atoms with Gasteiger partial charge in [-0.2, -0.15) is 0 Å². The van der Waals surface area contributed by atoms with E-state index in [-0.39, 0.29) is 17.3 Å². The van der Waals surface area contributed by atoms with Gasteiger partial charge in [-0.3, -0.25) is 9.78 Å². The van der Waals surface area contributed by atoms with Gasteiger partial charge in [0.25, 0.3) is 0 Å². The first kappa shape index (κ1) is 15.8. The van der Waals surface area contributed by atoms with Gasteiger partial charge in [-0.05, 0) is 37.0 Å². The second-order valence-electron chi connectivity index (χ2n) is 5.88. The van der Waals surface area contributed by atoms with Gasteiger partial charge in [0.1, 0.15) is 5.52 Å². The highest BCUT2D eigenvalue weighted by atomic mass is 19.2. The number of halogens is 2. The fraction of sp³-hybridized carbons (Fsp3) is 0.412. The minimum atomic E-state index is -0.976. The third kappa shape index (κ3) is 3.32. The number of anilines is 1. The number of fused-ring (bicyclic) bond motifs is 1. The molecule has 0 bridgehead atoms. The number of carbonyl (C=O) groups excluding carboxylic acids is 1. The lowest BCUT2D eigenvalue weighted by molar-refractivity contribution is -0.122. The van der Waals surface area contributed by atoms with E-state index < -0.39 is 11.6 Å². The van der Waals surface area contributed by atoms with Crippen LogP contribution in [0.15, 0.2) is 24.4 Å². The van der Waals surface area contributed by atoms with Crippen molar-refractivity contribution in [3.05, 3.63) is 36.0 Å². The van der Waals surface area contributed by atoms with E-state index >= 15 is 0 Å². The lowest BCUT2D eigenvalue weighted by Crippen LogP contribution is -2.30. The molecule has 1 saturated heterocycles. The fourth-order valence-corrected chi connectivity index (χ4v) is 2.90. The molecule has 0 spiro atoms. The number of amides is 1. The Hall–Kier alpha value is -2.08. The van der Waals surface area contributed by atoms with Crippen molar-refractivity contribution in [2.75, 3.05) is 18.5 Å². The van der Waals surface area contributed by atoms with Crippen molar-refractivity contribution in [1.29, 1.82) is 0 Å². The molecule has 23 heavy (non-hydrogen) atoms. The van der Waals surface area contributed by atoms with Crippen LogP contribution in [0.4, 0.5) is 14.5 Å². The average molecular weight is 320 g/mol. The van der Waals surface area contributed by atoms with E-state index in [0.717, 1.165) is 18.9 Å². The molecule has 1 fully saturated rings. The van der Waals surface area contributed by atoms with Crippen molar-refractivity contribution in [1.82, 2.24) is 4.98 Å². The van der Waals surface area contributed by atoms with Crippen LogP contribution in [0.5, 0.6) is 0 Å². The zero-order chi connectivity index (χ0) is 16.4. The maximum Gasteiger partial charge on any atom is 0.227 e. The van der Waals surface area contributed by atoms with E-state index in [0.29, 0.717) is 30.2 Å². The first-order chi connectivity index (χ1) is 11.1. The molecular weight excluding hydrogens is 302 g/mol. The Balaban J connectivity index is 1.75. The third-order valence-corrected chi connectivity index (χ3v) is 4.40. The molecule has 1 aromatic heterocycles. The lowest BCUT2D eigenvalue weighted by Gasteiger charge is -2.26. The molecule has 0 saturated carbocycles. The summed E-state index contributed by atoms with van der Waals surface area (Å²) in [6.45, 7) is 3.27. The Kier molecular flexibility index (Phi) is 4.52. The summed E-state index contributed by atoms with van der Waals surface area (Å²) >= 11 is 0. The molecule has 0 aliphatic carbocycles. The van der Waals surface area contributed by atoms with E-state index in [1.54, 1.807) is 6.07 Å². The molecule has 2 aromatic rings. The van der Waals surface area contributed by atoms with Gasteiger partial charge in [-0.1, -0.05) is 6.92 Å². The third-order valence-electron chi connectivity index (χ3n) is 4.40. The van der Waals surface area contributed by atoms with Gasteiger partial charge in [0.2, 0.25) is 5.91 Å². The number of rotatable bonds is 3. The molecule has 1 N–H and O–H groups in total. The number of hydrogen-bond acceptors (Lipinski definition) is 3. The number of nitrogens with zero attached hydrogens (tertiary/aromatic N) is 1. The Morgan fingerprint density at radius 3 is 2.83 bits per heavy atom. The van der Waals surface area contributed by atoms with Crippen LogP contribution in [-0.2, 0) is 9.53 Å². The minimum Gasteiger partial charge on any atom is -0.381 e. The molecule has 4 nitrogen and oxygen atoms in total. The first-order valence-corrected chi connectivity index (χ1v) is 7.68. The topological polar surface area (TPSA) is 51.2 Å². The highest BCUT2D eigenvalue weighted by molar-refractivity contribution is 5.94. The molecule has 6 heteroatoms. The molecule has 1 aliphatic rings. The summed E-state index contributed by atoms with van der Waals surface area (Å²) < 4.78 is 32.1. The van der Waals surface area contributed by atoms with Crippen molar-refractivity contribution in [2.45, 2.75) is 19.8 Å². The molecule has 2 heterocycles. The standard InChI is InChI=1S/C17H18F2N2O2/c1-10(11-4-6-23-7-5-11)17(22)21-13-8-12-2-3-14(18)15(19)16(12)20-9-13/h2-3,8-11H,4-7H2,1H3,(H,21,22). The highest BCUT2D eigenvalue weighted by Crippen LogP contribution is 2.26. The molecule has 1 aliphatic heterocycles. The minimum absolute atomic E-state index is 0.0412. The van der Waals surface area contributed by atoms with Gasteiger partial charge in [-0.25, -0.2) is 8.78 Å². The predicted octanol–water partition coefficient (Wildman–Crippen LogP) is 3.51. The molecule has 1 amide bonds. The molecule has 3 rings (SSSR count). The van der Waals surface area contributed by atoms with E-state index in [2.05, 4.69) is 10.3 Å². The largest absolute Gasteiger partial charge is 0.381 e. The monoisotopic (exact) mass is 320 g/mol. The highest BCUT2D eigenvalue weighted by Gasteiger charge is 2.26. The Bertz CT molecular complexity index is 730. The molecule has 122 valence electrons. The van der Waals surface area contributed by atoms with Crippen LogP contribution in [0, 0.1) is 23.5 Å². The van der Waals surface area contributed by atoms with E-state index in [4.69, 9.17) is 4.74 Å². The summed E-state index contributed by atoms with van der Waals surface area (Å²) in [5.41, 5.74) is 0.438. The van der Waals surface area contributed by atoms with Gasteiger partial charge in [0, 0.05) is 24.5 Å². The van der Waals surface area contributed by atoms with Crippen LogP contribution in [0.25, 0.3) is 10.9 Å². The maximum absolute atomic E-state index is 13.6. The Labute approximate surface area is 132 Å². The summed E-state index contributed by atoms with van der Waals surface area (Å²) in [5, 5.41) is 3.25. The maximum atomic E-state index is 13.6. The summed E-state index contributed by atoms with van der Waals surface area (Å²) in [6, 6.07) is 4.09. The van der Waals surface area contributed by atoms with E-state index in [9.17, 15) is 13.6 Å².